The van der Waals surface area contributed by atoms with Gasteiger partial charge in [0.05, 0.1) is 19.3 Å². The second-order valence-electron chi connectivity index (χ2n) is 7.89. The number of hydrogen-bond acceptors (Lipinski definition) is 4. The molecule has 3 aromatic rings. The number of rotatable bonds is 7. The molecule has 0 fully saturated rings. The summed E-state index contributed by atoms with van der Waals surface area (Å²) in [6.45, 7) is 4.61. The van der Waals surface area contributed by atoms with E-state index < -0.39 is 0 Å². The van der Waals surface area contributed by atoms with Crippen molar-refractivity contribution in [3.8, 4) is 11.5 Å². The van der Waals surface area contributed by atoms with Crippen molar-refractivity contribution in [1.29, 1.82) is 0 Å². The zero-order chi connectivity index (χ0) is 21.8. The number of fused-ring (bicyclic) bond motifs is 1. The predicted molar refractivity (Wildman–Crippen MR) is 123 cm³/mol. The largest absolute Gasteiger partial charge is 0.493 e. The van der Waals surface area contributed by atoms with Crippen LogP contribution in [-0.2, 0) is 6.42 Å². The lowest BCUT2D eigenvalue weighted by molar-refractivity contribution is 0.0616. The van der Waals surface area contributed by atoms with Crippen LogP contribution >= 0.6 is 0 Å². The molecule has 3 aromatic carbocycles. The highest BCUT2D eigenvalue weighted by Gasteiger charge is 2.34. The number of ether oxygens (including phenoxy) is 2. The molecule has 0 saturated heterocycles. The summed E-state index contributed by atoms with van der Waals surface area (Å²) in [7, 11) is 1.64. The van der Waals surface area contributed by atoms with Crippen molar-refractivity contribution in [3.63, 3.8) is 0 Å². The molecule has 31 heavy (non-hydrogen) atoms. The number of hydrogen-bond donors (Lipinski definition) is 1. The Morgan fingerprint density at radius 3 is 2.45 bits per heavy atom. The average molecular weight is 417 g/mol. The molecule has 1 heterocycles. The quantitative estimate of drug-likeness (QED) is 0.568. The van der Waals surface area contributed by atoms with E-state index in [4.69, 9.17) is 9.47 Å². The van der Waals surface area contributed by atoms with Crippen LogP contribution in [0.25, 0.3) is 0 Å². The topological polar surface area (TPSA) is 50.8 Å². The second kappa shape index (κ2) is 9.13. The van der Waals surface area contributed by atoms with Gasteiger partial charge in [0.15, 0.2) is 11.5 Å². The monoisotopic (exact) mass is 416 g/mol. The number of amides is 1. The molecule has 0 radical (unpaired) electrons. The number of para-hydroxylation sites is 1. The maximum absolute atomic E-state index is 13.2. The number of nitrogens with one attached hydrogen (secondary N) is 1. The number of anilines is 1. The standard InChI is InChI=1S/C26H28N2O3/c1-18(2)28-25(27-22-12-8-7-11-21(22)26(28)29)20-13-14-23(24(17-20)30-3)31-16-15-19-9-5-4-6-10-19/h4-14,17-18,25,27H,15-16H2,1-3H3. The summed E-state index contributed by atoms with van der Waals surface area (Å²) < 4.78 is 11.6. The minimum atomic E-state index is -0.283. The van der Waals surface area contributed by atoms with E-state index in [-0.39, 0.29) is 18.1 Å². The van der Waals surface area contributed by atoms with E-state index >= 15 is 0 Å². The molecule has 0 aliphatic carbocycles. The molecule has 1 atom stereocenters. The van der Waals surface area contributed by atoms with Crippen LogP contribution in [0.2, 0.25) is 0 Å². The van der Waals surface area contributed by atoms with Crippen molar-refractivity contribution in [2.24, 2.45) is 0 Å². The fourth-order valence-corrected chi connectivity index (χ4v) is 3.94. The van der Waals surface area contributed by atoms with Gasteiger partial charge >= 0.3 is 0 Å². The van der Waals surface area contributed by atoms with Crippen molar-refractivity contribution < 1.29 is 14.3 Å². The highest BCUT2D eigenvalue weighted by Crippen LogP contribution is 2.37. The van der Waals surface area contributed by atoms with Gasteiger partial charge in [0.2, 0.25) is 0 Å². The molecule has 1 aliphatic rings. The van der Waals surface area contributed by atoms with Crippen molar-refractivity contribution >= 4 is 11.6 Å². The smallest absolute Gasteiger partial charge is 0.258 e. The summed E-state index contributed by atoms with van der Waals surface area (Å²) in [5, 5.41) is 3.52. The van der Waals surface area contributed by atoms with Crippen LogP contribution in [0, 0.1) is 0 Å². The van der Waals surface area contributed by atoms with E-state index in [1.54, 1.807) is 7.11 Å². The number of benzene rings is 3. The highest BCUT2D eigenvalue weighted by atomic mass is 16.5. The van der Waals surface area contributed by atoms with Gasteiger partial charge in [-0.1, -0.05) is 48.5 Å². The zero-order valence-corrected chi connectivity index (χ0v) is 18.2. The first-order chi connectivity index (χ1) is 15.1. The lowest BCUT2D eigenvalue weighted by Gasteiger charge is -2.40. The van der Waals surface area contributed by atoms with Crippen LogP contribution in [0.15, 0.2) is 72.8 Å². The van der Waals surface area contributed by atoms with Crippen molar-refractivity contribution in [2.75, 3.05) is 19.0 Å². The van der Waals surface area contributed by atoms with E-state index in [2.05, 4.69) is 17.4 Å². The van der Waals surface area contributed by atoms with Gasteiger partial charge in [-0.15, -0.1) is 0 Å². The Morgan fingerprint density at radius 2 is 1.71 bits per heavy atom. The Balaban J connectivity index is 1.56. The summed E-state index contributed by atoms with van der Waals surface area (Å²) in [4.78, 5) is 15.0. The summed E-state index contributed by atoms with van der Waals surface area (Å²) in [5.74, 6) is 1.37. The fraction of sp³-hybridized carbons (Fsp3) is 0.269. The maximum Gasteiger partial charge on any atom is 0.258 e. The summed E-state index contributed by atoms with van der Waals surface area (Å²) in [6, 6.07) is 23.8. The third-order valence-corrected chi connectivity index (χ3v) is 5.51. The van der Waals surface area contributed by atoms with E-state index in [0.717, 1.165) is 17.7 Å². The van der Waals surface area contributed by atoms with E-state index in [1.165, 1.54) is 5.56 Å². The van der Waals surface area contributed by atoms with Gasteiger partial charge in [0.25, 0.3) is 5.91 Å². The van der Waals surface area contributed by atoms with Gasteiger partial charge in [-0.2, -0.15) is 0 Å². The van der Waals surface area contributed by atoms with E-state index in [1.807, 2.05) is 79.4 Å². The second-order valence-corrected chi connectivity index (χ2v) is 7.89. The molecular weight excluding hydrogens is 388 g/mol. The van der Waals surface area contributed by atoms with Crippen molar-refractivity contribution in [2.45, 2.75) is 32.5 Å². The Bertz CT molecular complexity index is 1050. The zero-order valence-electron chi connectivity index (χ0n) is 18.2. The van der Waals surface area contributed by atoms with Gasteiger partial charge in [-0.25, -0.2) is 0 Å². The number of carbonyl (C=O) groups is 1. The summed E-state index contributed by atoms with van der Waals surface area (Å²) >= 11 is 0. The molecule has 4 rings (SSSR count). The van der Waals surface area contributed by atoms with Gasteiger partial charge in [-0.3, -0.25) is 4.79 Å². The molecule has 5 heteroatoms. The number of nitrogens with zero attached hydrogens (tertiary/aromatic N) is 1. The third kappa shape index (κ3) is 4.36. The van der Waals surface area contributed by atoms with Crippen LogP contribution in [0.5, 0.6) is 11.5 Å². The molecule has 1 amide bonds. The lowest BCUT2D eigenvalue weighted by atomic mass is 10.0. The minimum absolute atomic E-state index is 0.0245. The Hall–Kier alpha value is -3.47. The highest BCUT2D eigenvalue weighted by molar-refractivity contribution is 6.01. The molecule has 5 nitrogen and oxygen atoms in total. The third-order valence-electron chi connectivity index (χ3n) is 5.51. The molecule has 0 bridgehead atoms. The van der Waals surface area contributed by atoms with Crippen LogP contribution in [-0.4, -0.2) is 30.6 Å². The molecule has 0 spiro atoms. The maximum atomic E-state index is 13.2. The minimum Gasteiger partial charge on any atom is -0.493 e. The molecule has 1 aliphatic heterocycles. The summed E-state index contributed by atoms with van der Waals surface area (Å²) in [6.07, 6.45) is 0.539. The van der Waals surface area contributed by atoms with Gasteiger partial charge in [-0.05, 0) is 49.2 Å². The predicted octanol–water partition coefficient (Wildman–Crippen LogP) is 5.29. The molecular formula is C26H28N2O3. The fourth-order valence-electron chi connectivity index (χ4n) is 3.94. The van der Waals surface area contributed by atoms with Crippen molar-refractivity contribution in [3.05, 3.63) is 89.5 Å². The molecule has 0 aromatic heterocycles. The molecule has 0 saturated carbocycles. The lowest BCUT2D eigenvalue weighted by Crippen LogP contribution is -2.46. The molecule has 1 N–H and O–H groups in total. The number of methoxy groups -OCH3 is 1. The molecule has 1 unspecified atom stereocenters. The van der Waals surface area contributed by atoms with Crippen LogP contribution in [0.1, 0.15) is 41.5 Å². The summed E-state index contributed by atoms with van der Waals surface area (Å²) in [5.41, 5.74) is 3.72. The van der Waals surface area contributed by atoms with Crippen LogP contribution in [0.4, 0.5) is 5.69 Å². The Kier molecular flexibility index (Phi) is 6.12. The first-order valence-corrected chi connectivity index (χ1v) is 10.6. The molecule has 160 valence electrons. The van der Waals surface area contributed by atoms with Gasteiger partial charge in [0.1, 0.15) is 6.17 Å². The van der Waals surface area contributed by atoms with Crippen molar-refractivity contribution in [1.82, 2.24) is 4.90 Å². The van der Waals surface area contributed by atoms with E-state index in [9.17, 15) is 4.79 Å². The first-order valence-electron chi connectivity index (χ1n) is 10.6. The van der Waals surface area contributed by atoms with Crippen LogP contribution < -0.4 is 14.8 Å². The number of carbonyl (C=O) groups excluding carboxylic acids is 1. The SMILES string of the molecule is COc1cc(C2Nc3ccccc3C(=O)N2C(C)C)ccc1OCCc1ccccc1. The Morgan fingerprint density at radius 1 is 0.968 bits per heavy atom. The van der Waals surface area contributed by atoms with Gasteiger partial charge < -0.3 is 19.7 Å². The normalized spacial score (nSPS) is 15.4. The van der Waals surface area contributed by atoms with E-state index in [0.29, 0.717) is 23.7 Å². The van der Waals surface area contributed by atoms with Crippen LogP contribution in [0.3, 0.4) is 0 Å². The average Bonchev–Trinajstić information content (AvgIpc) is 2.79. The Labute approximate surface area is 183 Å². The first kappa shape index (κ1) is 20.8. The van der Waals surface area contributed by atoms with Gasteiger partial charge in [0, 0.05) is 18.2 Å².